The fraction of sp³-hybridized carbons (Fsp3) is 0.588. The Hall–Kier alpha value is -1.03. The third kappa shape index (κ3) is 4.47. The highest BCUT2D eigenvalue weighted by molar-refractivity contribution is 9.09. The highest BCUT2D eigenvalue weighted by Crippen LogP contribution is 2.37. The van der Waals surface area contributed by atoms with Crippen LogP contribution in [-0.2, 0) is 0 Å². The molecular formula is C17H24BrNO2. The molecule has 0 heterocycles. The number of nitrogens with one attached hydrogen (secondary N) is 1. The molecule has 3 nitrogen and oxygen atoms in total. The zero-order chi connectivity index (χ0) is 15.1. The summed E-state index contributed by atoms with van der Waals surface area (Å²) in [5.41, 5.74) is 0.929. The molecule has 1 aliphatic rings. The van der Waals surface area contributed by atoms with Gasteiger partial charge in [0.05, 0.1) is 6.61 Å². The number of benzene rings is 1. The molecule has 0 bridgehead atoms. The molecule has 1 amide bonds. The first kappa shape index (κ1) is 16.3. The first-order chi connectivity index (χ1) is 10.2. The molecule has 2 rings (SSSR count). The lowest BCUT2D eigenvalue weighted by atomic mass is 9.75. The summed E-state index contributed by atoms with van der Waals surface area (Å²) in [4.78, 5) is 12.2. The Morgan fingerprint density at radius 1 is 1.24 bits per heavy atom. The maximum absolute atomic E-state index is 12.2. The van der Waals surface area contributed by atoms with Gasteiger partial charge in [0, 0.05) is 17.4 Å². The summed E-state index contributed by atoms with van der Waals surface area (Å²) in [7, 11) is 0. The average Bonchev–Trinajstić information content (AvgIpc) is 2.54. The second kappa shape index (κ2) is 7.83. The number of amides is 1. The predicted octanol–water partition coefficient (Wildman–Crippen LogP) is 4.16. The molecular weight excluding hydrogens is 330 g/mol. The lowest BCUT2D eigenvalue weighted by molar-refractivity contribution is 0.0922. The number of halogens is 1. The number of ether oxygens (including phenoxy) is 1. The average molecular weight is 354 g/mol. The topological polar surface area (TPSA) is 38.3 Å². The summed E-state index contributed by atoms with van der Waals surface area (Å²) < 4.78 is 5.39. The van der Waals surface area contributed by atoms with Crippen molar-refractivity contribution < 1.29 is 9.53 Å². The van der Waals surface area contributed by atoms with Gasteiger partial charge in [0.1, 0.15) is 5.75 Å². The van der Waals surface area contributed by atoms with Crippen LogP contribution in [0.1, 0.15) is 49.4 Å². The Balaban J connectivity index is 1.91. The number of carbonyl (C=O) groups is 1. The standard InChI is InChI=1S/C17H24BrNO2/c1-2-21-15-8-6-14(7-9-15)16(20)19-13-17(12-18)10-4-3-5-11-17/h6-9H,2-5,10-13H2,1H3,(H,19,20). The molecule has 0 saturated heterocycles. The van der Waals surface area contributed by atoms with E-state index < -0.39 is 0 Å². The number of hydrogen-bond donors (Lipinski definition) is 1. The third-order valence-corrected chi connectivity index (χ3v) is 5.44. The van der Waals surface area contributed by atoms with Gasteiger partial charge in [-0.1, -0.05) is 35.2 Å². The molecule has 0 radical (unpaired) electrons. The molecule has 1 aromatic carbocycles. The number of carbonyl (C=O) groups excluding carboxylic acids is 1. The Morgan fingerprint density at radius 3 is 2.48 bits per heavy atom. The second-order valence-corrected chi connectivity index (χ2v) is 6.40. The van der Waals surface area contributed by atoms with Gasteiger partial charge in [0.15, 0.2) is 0 Å². The molecule has 0 atom stereocenters. The molecule has 0 aromatic heterocycles. The van der Waals surface area contributed by atoms with E-state index >= 15 is 0 Å². The van der Waals surface area contributed by atoms with Crippen LogP contribution in [-0.4, -0.2) is 24.4 Å². The smallest absolute Gasteiger partial charge is 0.251 e. The van der Waals surface area contributed by atoms with Crippen molar-refractivity contribution in [2.24, 2.45) is 5.41 Å². The highest BCUT2D eigenvalue weighted by Gasteiger charge is 2.31. The van der Waals surface area contributed by atoms with Gasteiger partial charge >= 0.3 is 0 Å². The summed E-state index contributed by atoms with van der Waals surface area (Å²) in [5.74, 6) is 0.808. The van der Waals surface area contributed by atoms with Crippen molar-refractivity contribution in [3.8, 4) is 5.75 Å². The summed E-state index contributed by atoms with van der Waals surface area (Å²) in [5, 5.41) is 4.06. The number of rotatable bonds is 6. The van der Waals surface area contributed by atoms with E-state index in [4.69, 9.17) is 4.74 Å². The molecule has 1 aromatic rings. The zero-order valence-electron chi connectivity index (χ0n) is 12.7. The molecule has 1 fully saturated rings. The van der Waals surface area contributed by atoms with Crippen molar-refractivity contribution >= 4 is 21.8 Å². The van der Waals surface area contributed by atoms with E-state index in [1.807, 2.05) is 31.2 Å². The van der Waals surface area contributed by atoms with Crippen LogP contribution in [0, 0.1) is 5.41 Å². The molecule has 1 aliphatic carbocycles. The summed E-state index contributed by atoms with van der Waals surface area (Å²) in [6.07, 6.45) is 6.25. The van der Waals surface area contributed by atoms with Gasteiger partial charge in [0.2, 0.25) is 0 Å². The normalized spacial score (nSPS) is 17.2. The summed E-state index contributed by atoms with van der Waals surface area (Å²) >= 11 is 3.63. The summed E-state index contributed by atoms with van der Waals surface area (Å²) in [6.45, 7) is 3.34. The van der Waals surface area contributed by atoms with Crippen LogP contribution in [0.25, 0.3) is 0 Å². The zero-order valence-corrected chi connectivity index (χ0v) is 14.2. The molecule has 1 N–H and O–H groups in total. The van der Waals surface area contributed by atoms with Crippen LogP contribution in [0.3, 0.4) is 0 Å². The van der Waals surface area contributed by atoms with Crippen LogP contribution in [0.2, 0.25) is 0 Å². The van der Waals surface area contributed by atoms with Crippen molar-refractivity contribution in [3.63, 3.8) is 0 Å². The van der Waals surface area contributed by atoms with Crippen molar-refractivity contribution in [2.45, 2.75) is 39.0 Å². The van der Waals surface area contributed by atoms with Crippen LogP contribution < -0.4 is 10.1 Å². The Kier molecular flexibility index (Phi) is 6.09. The summed E-state index contributed by atoms with van der Waals surface area (Å²) in [6, 6.07) is 7.34. The quantitative estimate of drug-likeness (QED) is 0.779. The number of alkyl halides is 1. The van der Waals surface area contributed by atoms with Crippen LogP contribution in [0.5, 0.6) is 5.75 Å². The van der Waals surface area contributed by atoms with Gasteiger partial charge in [-0.3, -0.25) is 4.79 Å². The van der Waals surface area contributed by atoms with Crippen LogP contribution in [0.4, 0.5) is 0 Å². The van der Waals surface area contributed by atoms with Crippen LogP contribution in [0.15, 0.2) is 24.3 Å². The van der Waals surface area contributed by atoms with Crippen molar-refractivity contribution in [3.05, 3.63) is 29.8 Å². The fourth-order valence-electron chi connectivity index (χ4n) is 2.90. The first-order valence-corrected chi connectivity index (χ1v) is 8.88. The van der Waals surface area contributed by atoms with Gasteiger partial charge in [0.25, 0.3) is 5.91 Å². The lowest BCUT2D eigenvalue weighted by Gasteiger charge is -2.35. The highest BCUT2D eigenvalue weighted by atomic mass is 79.9. The third-order valence-electron chi connectivity index (χ3n) is 4.25. The largest absolute Gasteiger partial charge is 0.494 e. The Bertz CT molecular complexity index is 452. The molecule has 0 aliphatic heterocycles. The van der Waals surface area contributed by atoms with Crippen molar-refractivity contribution in [1.82, 2.24) is 5.32 Å². The second-order valence-electron chi connectivity index (χ2n) is 5.83. The SMILES string of the molecule is CCOc1ccc(C(=O)NCC2(CBr)CCCCC2)cc1. The molecule has 0 unspecified atom stereocenters. The Morgan fingerprint density at radius 2 is 1.90 bits per heavy atom. The van der Waals surface area contributed by atoms with E-state index in [0.29, 0.717) is 12.2 Å². The minimum atomic E-state index is 0.00365. The lowest BCUT2D eigenvalue weighted by Crippen LogP contribution is -2.40. The van der Waals surface area contributed by atoms with Crippen molar-refractivity contribution in [1.29, 1.82) is 0 Å². The van der Waals surface area contributed by atoms with E-state index in [2.05, 4.69) is 21.2 Å². The monoisotopic (exact) mass is 353 g/mol. The minimum absolute atomic E-state index is 0.00365. The first-order valence-electron chi connectivity index (χ1n) is 7.76. The van der Waals surface area contributed by atoms with E-state index in [0.717, 1.165) is 17.6 Å². The predicted molar refractivity (Wildman–Crippen MR) is 89.3 cm³/mol. The van der Waals surface area contributed by atoms with Gasteiger partial charge < -0.3 is 10.1 Å². The van der Waals surface area contributed by atoms with E-state index in [1.54, 1.807) is 0 Å². The maximum Gasteiger partial charge on any atom is 0.251 e. The van der Waals surface area contributed by atoms with E-state index in [1.165, 1.54) is 32.1 Å². The van der Waals surface area contributed by atoms with Gasteiger partial charge in [-0.15, -0.1) is 0 Å². The molecule has 1 saturated carbocycles. The molecule has 4 heteroatoms. The maximum atomic E-state index is 12.2. The van der Waals surface area contributed by atoms with Crippen LogP contribution >= 0.6 is 15.9 Å². The van der Waals surface area contributed by atoms with E-state index in [-0.39, 0.29) is 11.3 Å². The fourth-order valence-corrected chi connectivity index (χ4v) is 3.66. The van der Waals surface area contributed by atoms with E-state index in [9.17, 15) is 4.79 Å². The molecule has 116 valence electrons. The Labute approximate surface area is 135 Å². The molecule has 21 heavy (non-hydrogen) atoms. The van der Waals surface area contributed by atoms with Gasteiger partial charge in [-0.05, 0) is 49.4 Å². The number of hydrogen-bond acceptors (Lipinski definition) is 2. The van der Waals surface area contributed by atoms with Gasteiger partial charge in [-0.2, -0.15) is 0 Å². The minimum Gasteiger partial charge on any atom is -0.494 e. The van der Waals surface area contributed by atoms with Gasteiger partial charge in [-0.25, -0.2) is 0 Å². The van der Waals surface area contributed by atoms with Crippen molar-refractivity contribution in [2.75, 3.05) is 18.5 Å². The molecule has 0 spiro atoms.